The third kappa shape index (κ3) is 9.30. The Morgan fingerprint density at radius 2 is 1.52 bits per heavy atom. The van der Waals surface area contributed by atoms with E-state index in [4.69, 9.17) is 11.5 Å². The molecular formula is C31H40N6O7. The largest absolute Gasteiger partial charge is 0.508 e. The number of aliphatic carboxylic acids is 1. The molecule has 2 aromatic carbocycles. The van der Waals surface area contributed by atoms with Gasteiger partial charge < -0.3 is 42.6 Å². The maximum absolute atomic E-state index is 13.6. The first kappa shape index (κ1) is 33.6. The lowest BCUT2D eigenvalue weighted by Gasteiger charge is -2.26. The van der Waals surface area contributed by atoms with Gasteiger partial charge in [-0.1, -0.05) is 50.6 Å². The number of hydrogen-bond donors (Lipinski definition) is 8. The second kappa shape index (κ2) is 15.5. The van der Waals surface area contributed by atoms with Crippen LogP contribution in [0.5, 0.6) is 5.75 Å². The van der Waals surface area contributed by atoms with Gasteiger partial charge in [0, 0.05) is 29.9 Å². The molecule has 0 saturated carbocycles. The third-order valence-corrected chi connectivity index (χ3v) is 7.55. The fraction of sp³-hybridized carbons (Fsp3) is 0.387. The van der Waals surface area contributed by atoms with Crippen LogP contribution in [-0.2, 0) is 36.8 Å². The summed E-state index contributed by atoms with van der Waals surface area (Å²) >= 11 is 0. The number of H-pyrrole nitrogens is 1. The van der Waals surface area contributed by atoms with Crippen molar-refractivity contribution in [3.8, 4) is 5.75 Å². The smallest absolute Gasteiger partial charge is 0.326 e. The molecule has 3 rings (SSSR count). The van der Waals surface area contributed by atoms with Gasteiger partial charge in [0.25, 0.3) is 0 Å². The third-order valence-electron chi connectivity index (χ3n) is 7.55. The molecule has 0 fully saturated rings. The molecule has 0 radical (unpaired) electrons. The molecule has 1 aromatic heterocycles. The maximum Gasteiger partial charge on any atom is 0.326 e. The second-order valence-electron chi connectivity index (χ2n) is 10.9. The van der Waals surface area contributed by atoms with E-state index in [-0.39, 0.29) is 31.4 Å². The number of carboxylic acid groups (broad SMARTS) is 1. The minimum Gasteiger partial charge on any atom is -0.508 e. The van der Waals surface area contributed by atoms with Crippen molar-refractivity contribution in [1.82, 2.24) is 20.9 Å². The van der Waals surface area contributed by atoms with Crippen molar-refractivity contribution in [3.05, 3.63) is 65.9 Å². The Kier molecular flexibility index (Phi) is 11.9. The number of benzene rings is 2. The van der Waals surface area contributed by atoms with Crippen LogP contribution in [0.15, 0.2) is 54.7 Å². The number of phenols is 1. The van der Waals surface area contributed by atoms with E-state index in [2.05, 4.69) is 20.9 Å². The lowest BCUT2D eigenvalue weighted by atomic mass is 9.98. The van der Waals surface area contributed by atoms with Gasteiger partial charge in [-0.15, -0.1) is 0 Å². The molecule has 13 heteroatoms. The van der Waals surface area contributed by atoms with Gasteiger partial charge >= 0.3 is 5.97 Å². The number of fused-ring (bicyclic) bond motifs is 1. The van der Waals surface area contributed by atoms with Crippen LogP contribution in [-0.4, -0.2) is 69.0 Å². The normalized spacial score (nSPS) is 14.5. The quantitative estimate of drug-likeness (QED) is 0.116. The Labute approximate surface area is 254 Å². The highest BCUT2D eigenvalue weighted by Crippen LogP contribution is 2.19. The van der Waals surface area contributed by atoms with Crippen LogP contribution in [0.4, 0.5) is 0 Å². The van der Waals surface area contributed by atoms with Crippen LogP contribution in [0.3, 0.4) is 0 Å². The number of aromatic nitrogens is 1. The number of para-hydroxylation sites is 1. The molecule has 1 heterocycles. The van der Waals surface area contributed by atoms with Gasteiger partial charge in [0.15, 0.2) is 0 Å². The number of nitrogens with one attached hydrogen (secondary N) is 4. The molecule has 4 amide bonds. The molecular weight excluding hydrogens is 568 g/mol. The minimum absolute atomic E-state index is 0.0111. The second-order valence-corrected chi connectivity index (χ2v) is 10.9. The number of aromatic amines is 1. The summed E-state index contributed by atoms with van der Waals surface area (Å²) in [6.45, 7) is 3.44. The van der Waals surface area contributed by atoms with Crippen molar-refractivity contribution in [2.24, 2.45) is 17.4 Å². The molecule has 10 N–H and O–H groups in total. The Morgan fingerprint density at radius 1 is 0.886 bits per heavy atom. The number of carboxylic acids is 1. The number of hydrogen-bond acceptors (Lipinski definition) is 7. The first-order valence-corrected chi connectivity index (χ1v) is 14.4. The molecule has 236 valence electrons. The maximum atomic E-state index is 13.6. The van der Waals surface area contributed by atoms with Crippen molar-refractivity contribution in [3.63, 3.8) is 0 Å². The number of primary amides is 1. The number of nitrogens with two attached hydrogens (primary N) is 2. The van der Waals surface area contributed by atoms with E-state index in [1.165, 1.54) is 12.1 Å². The predicted molar refractivity (Wildman–Crippen MR) is 163 cm³/mol. The van der Waals surface area contributed by atoms with E-state index in [0.29, 0.717) is 12.0 Å². The van der Waals surface area contributed by atoms with Crippen LogP contribution < -0.4 is 27.4 Å². The molecule has 0 spiro atoms. The molecule has 0 aliphatic rings. The lowest BCUT2D eigenvalue weighted by Crippen LogP contribution is -2.58. The zero-order valence-corrected chi connectivity index (χ0v) is 24.7. The van der Waals surface area contributed by atoms with E-state index < -0.39 is 59.7 Å². The number of amides is 4. The summed E-state index contributed by atoms with van der Waals surface area (Å²) in [5.41, 5.74) is 13.8. The molecule has 5 atom stereocenters. The van der Waals surface area contributed by atoms with Crippen molar-refractivity contribution in [1.29, 1.82) is 0 Å². The summed E-state index contributed by atoms with van der Waals surface area (Å²) in [6, 6.07) is 8.78. The Morgan fingerprint density at radius 3 is 2.16 bits per heavy atom. The van der Waals surface area contributed by atoms with Crippen molar-refractivity contribution < 1.29 is 34.2 Å². The monoisotopic (exact) mass is 608 g/mol. The van der Waals surface area contributed by atoms with Gasteiger partial charge in [-0.3, -0.25) is 19.2 Å². The SMILES string of the molecule is CCC(C)C(NC(=O)C(CCC(N)=O)NC(=O)C(Cc1ccc(O)cc1)NC(=O)C(N)Cc1c[nH]c2ccccc12)C(=O)O. The molecule has 0 aliphatic heterocycles. The molecule has 13 nitrogen and oxygen atoms in total. The van der Waals surface area contributed by atoms with E-state index in [1.54, 1.807) is 32.2 Å². The predicted octanol–water partition coefficient (Wildman–Crippen LogP) is 0.837. The van der Waals surface area contributed by atoms with Crippen LogP contribution in [0.2, 0.25) is 0 Å². The zero-order valence-electron chi connectivity index (χ0n) is 24.7. The summed E-state index contributed by atoms with van der Waals surface area (Å²) in [5, 5.41) is 27.9. The van der Waals surface area contributed by atoms with E-state index in [0.717, 1.165) is 16.5 Å². The summed E-state index contributed by atoms with van der Waals surface area (Å²) in [4.78, 5) is 66.5. The Bertz CT molecular complexity index is 1470. The molecule has 0 saturated heterocycles. The van der Waals surface area contributed by atoms with Crippen LogP contribution in [0.1, 0.15) is 44.2 Å². The number of carbonyl (C=O) groups is 5. The fourth-order valence-corrected chi connectivity index (χ4v) is 4.75. The minimum atomic E-state index is -1.32. The van der Waals surface area contributed by atoms with Gasteiger partial charge in [0.05, 0.1) is 6.04 Å². The van der Waals surface area contributed by atoms with Gasteiger partial charge in [-0.05, 0) is 48.1 Å². The van der Waals surface area contributed by atoms with E-state index >= 15 is 0 Å². The van der Waals surface area contributed by atoms with Crippen LogP contribution in [0.25, 0.3) is 10.9 Å². The molecule has 44 heavy (non-hydrogen) atoms. The summed E-state index contributed by atoms with van der Waals surface area (Å²) < 4.78 is 0. The van der Waals surface area contributed by atoms with Gasteiger partial charge in [0.2, 0.25) is 23.6 Å². The number of phenolic OH excluding ortho intramolecular Hbond substituents is 1. The van der Waals surface area contributed by atoms with Gasteiger partial charge in [-0.25, -0.2) is 4.79 Å². The average Bonchev–Trinajstić information content (AvgIpc) is 3.40. The molecule has 0 aliphatic carbocycles. The molecule has 5 unspecified atom stereocenters. The molecule has 3 aromatic rings. The summed E-state index contributed by atoms with van der Waals surface area (Å²) in [5.74, 6) is -4.54. The zero-order chi connectivity index (χ0) is 32.4. The van der Waals surface area contributed by atoms with Gasteiger partial charge in [-0.2, -0.15) is 0 Å². The fourth-order valence-electron chi connectivity index (χ4n) is 4.75. The first-order chi connectivity index (χ1) is 20.9. The van der Waals surface area contributed by atoms with Crippen LogP contribution in [0, 0.1) is 5.92 Å². The standard InChI is InChI=1S/C31H40N6O7/c1-3-17(2)27(31(43)44)37-29(41)24(12-13-26(33)39)35-30(42)25(14-18-8-10-20(38)11-9-18)36-28(40)22(32)15-19-16-34-23-7-5-4-6-21(19)23/h4-11,16-17,22,24-25,27,34,38H,3,12-15,32H2,1-2H3,(H2,33,39)(H,35,42)(H,36,40)(H,37,41)(H,43,44). The van der Waals surface area contributed by atoms with Gasteiger partial charge in [0.1, 0.15) is 23.9 Å². The molecule has 0 bridgehead atoms. The van der Waals surface area contributed by atoms with Crippen molar-refractivity contribution in [2.75, 3.05) is 0 Å². The van der Waals surface area contributed by atoms with E-state index in [1.807, 2.05) is 24.3 Å². The Hall–Kier alpha value is -4.91. The topological polar surface area (TPSA) is 230 Å². The number of aromatic hydroxyl groups is 1. The van der Waals surface area contributed by atoms with Crippen molar-refractivity contribution in [2.45, 2.75) is 70.1 Å². The summed E-state index contributed by atoms with van der Waals surface area (Å²) in [6.07, 6.45) is 1.94. The number of rotatable bonds is 16. The first-order valence-electron chi connectivity index (χ1n) is 14.4. The lowest BCUT2D eigenvalue weighted by molar-refractivity contribution is -0.144. The average molecular weight is 609 g/mol. The van der Waals surface area contributed by atoms with E-state index in [9.17, 15) is 34.2 Å². The highest BCUT2D eigenvalue weighted by atomic mass is 16.4. The van der Waals surface area contributed by atoms with Crippen molar-refractivity contribution >= 4 is 40.5 Å². The summed E-state index contributed by atoms with van der Waals surface area (Å²) in [7, 11) is 0. The highest BCUT2D eigenvalue weighted by molar-refractivity contribution is 5.95. The number of carbonyl (C=O) groups excluding carboxylic acids is 4. The Balaban J connectivity index is 1.81. The van der Waals surface area contributed by atoms with Crippen LogP contribution >= 0.6 is 0 Å². The highest BCUT2D eigenvalue weighted by Gasteiger charge is 2.32.